The van der Waals surface area contributed by atoms with Crippen LogP contribution in [0.15, 0.2) is 42.5 Å². The van der Waals surface area contributed by atoms with Crippen LogP contribution in [-0.4, -0.2) is 59.7 Å². The van der Waals surface area contributed by atoms with Gasteiger partial charge in [0.05, 0.1) is 30.9 Å². The molecule has 3 heterocycles. The number of imidazole rings is 1. The normalized spacial score (nSPS) is 14.1. The molecule has 5 rings (SSSR count). The minimum Gasteiger partial charge on any atom is -0.461 e. The van der Waals surface area contributed by atoms with Gasteiger partial charge >= 0.3 is 5.97 Å². The number of morpholine rings is 1. The Morgan fingerprint density at radius 1 is 1.09 bits per heavy atom. The number of rotatable bonds is 5. The van der Waals surface area contributed by atoms with E-state index in [2.05, 4.69) is 25.2 Å². The summed E-state index contributed by atoms with van der Waals surface area (Å²) in [5, 5.41) is 3.70. The average Bonchev–Trinajstić information content (AvgIpc) is 3.43. The topological polar surface area (TPSA) is 112 Å². The molecule has 0 radical (unpaired) electrons. The highest BCUT2D eigenvalue weighted by Gasteiger charge is 2.16. The highest BCUT2D eigenvalue weighted by Crippen LogP contribution is 2.23. The smallest absolute Gasteiger partial charge is 0.354 e. The summed E-state index contributed by atoms with van der Waals surface area (Å²) in [4.78, 5) is 37.9. The lowest BCUT2D eigenvalue weighted by molar-refractivity contribution is 0.0520. The Kier molecular flexibility index (Phi) is 5.24. The number of ether oxygens (including phenoxy) is 2. The highest BCUT2D eigenvalue weighted by molar-refractivity contribution is 6.07. The lowest BCUT2D eigenvalue weighted by Crippen LogP contribution is -2.36. The molecule has 1 saturated heterocycles. The Bertz CT molecular complexity index is 1300. The molecular formula is C23H23N5O4. The molecule has 32 heavy (non-hydrogen) atoms. The van der Waals surface area contributed by atoms with E-state index in [0.717, 1.165) is 41.0 Å². The minimum atomic E-state index is -0.418. The van der Waals surface area contributed by atoms with Crippen molar-refractivity contribution >= 4 is 45.4 Å². The van der Waals surface area contributed by atoms with Crippen LogP contribution in [-0.2, 0) is 9.47 Å². The fraction of sp³-hybridized carbons (Fsp3) is 0.261. The zero-order valence-corrected chi connectivity index (χ0v) is 17.6. The highest BCUT2D eigenvalue weighted by atomic mass is 16.5. The van der Waals surface area contributed by atoms with Crippen LogP contribution >= 0.6 is 0 Å². The summed E-state index contributed by atoms with van der Waals surface area (Å²) < 4.78 is 10.4. The molecule has 164 valence electrons. The molecule has 9 heteroatoms. The quantitative estimate of drug-likeness (QED) is 0.416. The molecule has 0 atom stereocenters. The zero-order chi connectivity index (χ0) is 22.1. The van der Waals surface area contributed by atoms with E-state index >= 15 is 0 Å². The number of carbonyl (C=O) groups excluding carboxylic acids is 2. The van der Waals surface area contributed by atoms with Crippen LogP contribution in [0.5, 0.6) is 0 Å². The summed E-state index contributed by atoms with van der Waals surface area (Å²) >= 11 is 0. The first kappa shape index (κ1) is 20.1. The Morgan fingerprint density at radius 2 is 1.94 bits per heavy atom. The van der Waals surface area contributed by atoms with E-state index < -0.39 is 5.97 Å². The van der Waals surface area contributed by atoms with Crippen molar-refractivity contribution in [2.45, 2.75) is 6.92 Å². The molecule has 1 aliphatic heterocycles. The predicted octanol–water partition coefficient (Wildman–Crippen LogP) is 3.31. The lowest BCUT2D eigenvalue weighted by atomic mass is 10.1. The van der Waals surface area contributed by atoms with E-state index in [9.17, 15) is 9.59 Å². The maximum Gasteiger partial charge on any atom is 0.354 e. The average molecular weight is 433 g/mol. The monoisotopic (exact) mass is 433 g/mol. The van der Waals surface area contributed by atoms with E-state index in [4.69, 9.17) is 9.47 Å². The number of amides is 1. The Morgan fingerprint density at radius 3 is 2.75 bits per heavy atom. The Balaban J connectivity index is 1.34. The van der Waals surface area contributed by atoms with Crippen LogP contribution in [0.3, 0.4) is 0 Å². The van der Waals surface area contributed by atoms with Crippen molar-refractivity contribution in [2.24, 2.45) is 0 Å². The largest absolute Gasteiger partial charge is 0.461 e. The number of aromatic amines is 2. The maximum atomic E-state index is 12.8. The number of benzene rings is 2. The molecule has 0 spiro atoms. The van der Waals surface area contributed by atoms with Crippen molar-refractivity contribution in [1.82, 2.24) is 15.0 Å². The Labute approximate surface area is 183 Å². The number of nitrogens with zero attached hydrogens (tertiary/aromatic N) is 2. The van der Waals surface area contributed by atoms with Crippen LogP contribution in [0.25, 0.3) is 21.9 Å². The van der Waals surface area contributed by atoms with Gasteiger partial charge in [0.2, 0.25) is 5.95 Å². The molecule has 1 fully saturated rings. The summed E-state index contributed by atoms with van der Waals surface area (Å²) in [5.41, 5.74) is 3.97. The number of carbonyl (C=O) groups is 2. The second-order valence-corrected chi connectivity index (χ2v) is 7.55. The fourth-order valence-electron chi connectivity index (χ4n) is 3.79. The van der Waals surface area contributed by atoms with E-state index in [-0.39, 0.29) is 5.91 Å². The van der Waals surface area contributed by atoms with Gasteiger partial charge in [-0.15, -0.1) is 0 Å². The van der Waals surface area contributed by atoms with Gasteiger partial charge in [0.25, 0.3) is 5.91 Å². The van der Waals surface area contributed by atoms with Crippen LogP contribution < -0.4 is 10.2 Å². The number of esters is 1. The van der Waals surface area contributed by atoms with Crippen LogP contribution in [0.2, 0.25) is 0 Å². The van der Waals surface area contributed by atoms with E-state index in [1.165, 1.54) is 0 Å². The summed E-state index contributed by atoms with van der Waals surface area (Å²) in [7, 11) is 0. The predicted molar refractivity (Wildman–Crippen MR) is 121 cm³/mol. The van der Waals surface area contributed by atoms with Crippen molar-refractivity contribution in [1.29, 1.82) is 0 Å². The maximum absolute atomic E-state index is 12.8. The number of nitrogens with one attached hydrogen (secondary N) is 3. The molecule has 4 aromatic rings. The third kappa shape index (κ3) is 3.90. The van der Waals surface area contributed by atoms with Crippen molar-refractivity contribution in [3.8, 4) is 0 Å². The summed E-state index contributed by atoms with van der Waals surface area (Å²) in [6.07, 6.45) is 0. The van der Waals surface area contributed by atoms with Gasteiger partial charge in [0, 0.05) is 35.2 Å². The molecule has 9 nitrogen and oxygen atoms in total. The number of anilines is 2. The van der Waals surface area contributed by atoms with E-state index in [1.54, 1.807) is 31.2 Å². The van der Waals surface area contributed by atoms with Gasteiger partial charge in [-0.05, 0) is 49.4 Å². The van der Waals surface area contributed by atoms with Gasteiger partial charge in [-0.3, -0.25) is 4.79 Å². The molecule has 0 aliphatic carbocycles. The molecule has 2 aromatic heterocycles. The molecule has 1 amide bonds. The molecule has 3 N–H and O–H groups in total. The van der Waals surface area contributed by atoms with Gasteiger partial charge in [-0.2, -0.15) is 0 Å². The van der Waals surface area contributed by atoms with Crippen molar-refractivity contribution < 1.29 is 19.1 Å². The fourth-order valence-corrected chi connectivity index (χ4v) is 3.79. The SMILES string of the molecule is CCOC(=O)c1cc2cc(C(=O)Nc3ccc4nc(N5CCOCC5)[nH]c4c3)ccc2[nH]1. The molecular weight excluding hydrogens is 410 g/mol. The standard InChI is InChI=1S/C23H23N5O4/c1-2-32-22(30)20-12-15-11-14(3-5-17(15)25-20)21(29)24-16-4-6-18-19(13-16)27-23(26-18)28-7-9-31-10-8-28/h3-6,11-13,25H,2,7-10H2,1H3,(H,24,29)(H,26,27). The summed E-state index contributed by atoms with van der Waals surface area (Å²) in [6.45, 7) is 5.02. The van der Waals surface area contributed by atoms with Crippen molar-refractivity contribution in [3.63, 3.8) is 0 Å². The first-order valence-corrected chi connectivity index (χ1v) is 10.5. The second kappa shape index (κ2) is 8.35. The third-order valence-electron chi connectivity index (χ3n) is 5.42. The second-order valence-electron chi connectivity index (χ2n) is 7.55. The minimum absolute atomic E-state index is 0.238. The lowest BCUT2D eigenvalue weighted by Gasteiger charge is -2.26. The van der Waals surface area contributed by atoms with Crippen LogP contribution in [0, 0.1) is 0 Å². The van der Waals surface area contributed by atoms with Gasteiger partial charge in [0.1, 0.15) is 5.69 Å². The van der Waals surface area contributed by atoms with Crippen LogP contribution in [0.4, 0.5) is 11.6 Å². The van der Waals surface area contributed by atoms with Crippen molar-refractivity contribution in [2.75, 3.05) is 43.1 Å². The van der Waals surface area contributed by atoms with E-state index in [0.29, 0.717) is 36.8 Å². The summed E-state index contributed by atoms with van der Waals surface area (Å²) in [5.74, 6) is 0.152. The Hall–Kier alpha value is -3.85. The number of aromatic nitrogens is 3. The van der Waals surface area contributed by atoms with Gasteiger partial charge in [0.15, 0.2) is 0 Å². The number of H-pyrrole nitrogens is 2. The number of hydrogen-bond acceptors (Lipinski definition) is 6. The van der Waals surface area contributed by atoms with Crippen LogP contribution in [0.1, 0.15) is 27.8 Å². The molecule has 2 aromatic carbocycles. The van der Waals surface area contributed by atoms with Gasteiger partial charge in [-0.25, -0.2) is 9.78 Å². The molecule has 1 aliphatic rings. The number of hydrogen-bond donors (Lipinski definition) is 3. The first-order chi connectivity index (χ1) is 15.6. The molecule has 0 unspecified atom stereocenters. The van der Waals surface area contributed by atoms with Crippen molar-refractivity contribution in [3.05, 3.63) is 53.7 Å². The van der Waals surface area contributed by atoms with Gasteiger partial charge < -0.3 is 29.7 Å². The molecule has 0 bridgehead atoms. The van der Waals surface area contributed by atoms with Gasteiger partial charge in [-0.1, -0.05) is 0 Å². The number of fused-ring (bicyclic) bond motifs is 2. The van der Waals surface area contributed by atoms with E-state index in [1.807, 2.05) is 18.2 Å². The molecule has 0 saturated carbocycles. The first-order valence-electron chi connectivity index (χ1n) is 10.5. The third-order valence-corrected chi connectivity index (χ3v) is 5.42. The summed E-state index contributed by atoms with van der Waals surface area (Å²) in [6, 6.07) is 12.5. The zero-order valence-electron chi connectivity index (χ0n) is 17.6.